The maximum absolute atomic E-state index is 12.2. The van der Waals surface area contributed by atoms with Gasteiger partial charge in [-0.15, -0.1) is 0 Å². The summed E-state index contributed by atoms with van der Waals surface area (Å²) in [7, 11) is 0. The van der Waals surface area contributed by atoms with Gasteiger partial charge >= 0.3 is 0 Å². The van der Waals surface area contributed by atoms with Crippen molar-refractivity contribution in [1.29, 1.82) is 0 Å². The lowest BCUT2D eigenvalue weighted by atomic mass is 10.1. The quantitative estimate of drug-likeness (QED) is 0.889. The lowest BCUT2D eigenvalue weighted by Gasteiger charge is -2.08. The molecule has 0 aliphatic heterocycles. The lowest BCUT2D eigenvalue weighted by Crippen LogP contribution is -2.20. The summed E-state index contributed by atoms with van der Waals surface area (Å²) < 4.78 is 5.15. The van der Waals surface area contributed by atoms with Gasteiger partial charge in [0.1, 0.15) is 5.75 Å². The normalized spacial score (nSPS) is 10.1. The summed E-state index contributed by atoms with van der Waals surface area (Å²) in [5.41, 5.74) is 8.48. The Morgan fingerprint density at radius 1 is 1.05 bits per heavy atom. The molecule has 5 heteroatoms. The first-order valence-corrected chi connectivity index (χ1v) is 6.85. The number of hydrogen-bond acceptors (Lipinski definition) is 3. The van der Waals surface area contributed by atoms with Crippen LogP contribution in [0.15, 0.2) is 42.5 Å². The van der Waals surface area contributed by atoms with E-state index in [-0.39, 0.29) is 12.5 Å². The highest BCUT2D eigenvalue weighted by Crippen LogP contribution is 2.17. The number of benzene rings is 2. The van der Waals surface area contributed by atoms with E-state index in [1.807, 2.05) is 26.0 Å². The van der Waals surface area contributed by atoms with Gasteiger partial charge in [0.05, 0.1) is 0 Å². The van der Waals surface area contributed by atoms with E-state index in [0.717, 1.165) is 11.1 Å². The number of rotatable bonds is 5. The van der Waals surface area contributed by atoms with E-state index >= 15 is 0 Å². The third kappa shape index (κ3) is 4.09. The average molecular weight is 298 g/mol. The minimum absolute atomic E-state index is 0.172. The van der Waals surface area contributed by atoms with Crippen molar-refractivity contribution in [2.75, 3.05) is 11.9 Å². The Balaban J connectivity index is 2.02. The van der Waals surface area contributed by atoms with Crippen LogP contribution in [0.1, 0.15) is 21.5 Å². The molecule has 2 aromatic rings. The largest absolute Gasteiger partial charge is 0.484 e. The first-order chi connectivity index (χ1) is 10.5. The molecular formula is C17H18N2O3. The number of carbonyl (C=O) groups excluding carboxylic acids is 2. The van der Waals surface area contributed by atoms with Gasteiger partial charge in [0.15, 0.2) is 6.61 Å². The molecule has 0 fully saturated rings. The number of aryl methyl sites for hydroxylation is 2. The molecule has 3 N–H and O–H groups in total. The van der Waals surface area contributed by atoms with Gasteiger partial charge in [0.2, 0.25) is 0 Å². The number of anilines is 1. The zero-order valence-corrected chi connectivity index (χ0v) is 12.6. The zero-order chi connectivity index (χ0) is 16.1. The Morgan fingerprint density at radius 3 is 2.32 bits per heavy atom. The summed E-state index contributed by atoms with van der Waals surface area (Å²) in [5, 5.41) is 2.81. The van der Waals surface area contributed by atoms with Crippen molar-refractivity contribution in [2.45, 2.75) is 13.8 Å². The fourth-order valence-corrected chi connectivity index (χ4v) is 1.87. The third-order valence-electron chi connectivity index (χ3n) is 3.26. The van der Waals surface area contributed by atoms with Gasteiger partial charge in [-0.05, 0) is 61.4 Å². The van der Waals surface area contributed by atoms with Crippen molar-refractivity contribution in [3.05, 3.63) is 59.2 Å². The highest BCUT2D eigenvalue weighted by atomic mass is 16.5. The third-order valence-corrected chi connectivity index (χ3v) is 3.26. The monoisotopic (exact) mass is 298 g/mol. The molecule has 0 aliphatic carbocycles. The van der Waals surface area contributed by atoms with Crippen molar-refractivity contribution in [3.8, 4) is 5.75 Å². The Hall–Kier alpha value is -2.82. The number of hydrogen-bond donors (Lipinski definition) is 2. The van der Waals surface area contributed by atoms with Crippen LogP contribution in [0.5, 0.6) is 5.75 Å². The Labute approximate surface area is 129 Å². The van der Waals surface area contributed by atoms with E-state index in [9.17, 15) is 9.59 Å². The molecule has 0 heterocycles. The number of nitrogens with one attached hydrogen (secondary N) is 1. The first-order valence-electron chi connectivity index (χ1n) is 6.85. The first kappa shape index (κ1) is 15.6. The van der Waals surface area contributed by atoms with Crippen molar-refractivity contribution in [1.82, 2.24) is 0 Å². The molecule has 0 unspecified atom stereocenters. The number of carbonyl (C=O) groups is 2. The molecule has 0 saturated carbocycles. The molecule has 114 valence electrons. The highest BCUT2D eigenvalue weighted by molar-refractivity contribution is 6.04. The predicted molar refractivity (Wildman–Crippen MR) is 85.0 cm³/mol. The van der Waals surface area contributed by atoms with Crippen molar-refractivity contribution < 1.29 is 14.3 Å². The van der Waals surface area contributed by atoms with Crippen LogP contribution in [0.3, 0.4) is 0 Å². The number of primary amides is 1. The Morgan fingerprint density at radius 2 is 1.73 bits per heavy atom. The molecule has 2 aromatic carbocycles. The molecule has 0 aromatic heterocycles. The number of ether oxygens (including phenoxy) is 1. The maximum atomic E-state index is 12.2. The zero-order valence-electron chi connectivity index (χ0n) is 12.6. The summed E-state index contributed by atoms with van der Waals surface area (Å²) >= 11 is 0. The average Bonchev–Trinajstić information content (AvgIpc) is 2.49. The van der Waals surface area contributed by atoms with Crippen molar-refractivity contribution in [3.63, 3.8) is 0 Å². The van der Waals surface area contributed by atoms with E-state index in [2.05, 4.69) is 5.32 Å². The minimum atomic E-state index is -0.535. The Bertz CT molecular complexity index is 694. The Kier molecular flexibility index (Phi) is 4.78. The molecule has 2 rings (SSSR count). The second kappa shape index (κ2) is 6.76. The molecule has 0 spiro atoms. The van der Waals surface area contributed by atoms with Gasteiger partial charge in [-0.25, -0.2) is 0 Å². The van der Waals surface area contributed by atoms with Gasteiger partial charge < -0.3 is 15.8 Å². The second-order valence-corrected chi connectivity index (χ2v) is 5.03. The van der Waals surface area contributed by atoms with Crippen LogP contribution in [0.4, 0.5) is 5.69 Å². The smallest absolute Gasteiger partial charge is 0.255 e. The molecule has 5 nitrogen and oxygen atoms in total. The van der Waals surface area contributed by atoms with Crippen LogP contribution >= 0.6 is 0 Å². The summed E-state index contributed by atoms with van der Waals surface area (Å²) in [6.45, 7) is 3.80. The fraction of sp³-hybridized carbons (Fsp3) is 0.176. The van der Waals surface area contributed by atoms with E-state index in [1.165, 1.54) is 0 Å². The topological polar surface area (TPSA) is 81.4 Å². The van der Waals surface area contributed by atoms with E-state index < -0.39 is 5.91 Å². The fourth-order valence-electron chi connectivity index (χ4n) is 1.87. The number of amides is 2. The minimum Gasteiger partial charge on any atom is -0.484 e. The van der Waals surface area contributed by atoms with Crippen LogP contribution in [-0.2, 0) is 4.79 Å². The molecule has 0 atom stereocenters. The van der Waals surface area contributed by atoms with Gasteiger partial charge in [0.25, 0.3) is 11.8 Å². The molecule has 0 bridgehead atoms. The molecule has 0 saturated heterocycles. The summed E-state index contributed by atoms with van der Waals surface area (Å²) in [4.78, 5) is 22.8. The van der Waals surface area contributed by atoms with Crippen LogP contribution in [0, 0.1) is 13.8 Å². The van der Waals surface area contributed by atoms with Crippen LogP contribution in [-0.4, -0.2) is 18.4 Å². The summed E-state index contributed by atoms with van der Waals surface area (Å²) in [5.74, 6) is -0.191. The van der Waals surface area contributed by atoms with Crippen molar-refractivity contribution in [2.24, 2.45) is 5.73 Å². The van der Waals surface area contributed by atoms with E-state index in [0.29, 0.717) is 17.0 Å². The van der Waals surface area contributed by atoms with Gasteiger partial charge in [-0.1, -0.05) is 6.07 Å². The SMILES string of the molecule is Cc1ccc(C(=O)Nc2ccc(OCC(N)=O)cc2)cc1C. The molecule has 22 heavy (non-hydrogen) atoms. The number of nitrogens with two attached hydrogens (primary N) is 1. The van der Waals surface area contributed by atoms with Crippen LogP contribution in [0.2, 0.25) is 0 Å². The van der Waals surface area contributed by atoms with Gasteiger partial charge in [-0.3, -0.25) is 9.59 Å². The summed E-state index contributed by atoms with van der Waals surface area (Å²) in [6, 6.07) is 12.3. The molecule has 0 radical (unpaired) electrons. The van der Waals surface area contributed by atoms with Gasteiger partial charge in [0, 0.05) is 11.3 Å². The predicted octanol–water partition coefficient (Wildman–Crippen LogP) is 2.42. The van der Waals surface area contributed by atoms with E-state index in [1.54, 1.807) is 30.3 Å². The van der Waals surface area contributed by atoms with Crippen LogP contribution < -0.4 is 15.8 Å². The molecular weight excluding hydrogens is 280 g/mol. The maximum Gasteiger partial charge on any atom is 0.255 e. The van der Waals surface area contributed by atoms with Crippen LogP contribution in [0.25, 0.3) is 0 Å². The molecule has 0 aliphatic rings. The van der Waals surface area contributed by atoms with Crippen molar-refractivity contribution >= 4 is 17.5 Å². The summed E-state index contributed by atoms with van der Waals surface area (Å²) in [6.07, 6.45) is 0. The van der Waals surface area contributed by atoms with E-state index in [4.69, 9.17) is 10.5 Å². The van der Waals surface area contributed by atoms with Gasteiger partial charge in [-0.2, -0.15) is 0 Å². The molecule has 2 amide bonds. The lowest BCUT2D eigenvalue weighted by molar-refractivity contribution is -0.119. The highest BCUT2D eigenvalue weighted by Gasteiger charge is 2.07. The standard InChI is InChI=1S/C17H18N2O3/c1-11-3-4-13(9-12(11)2)17(21)19-14-5-7-15(8-6-14)22-10-16(18)20/h3-9H,10H2,1-2H3,(H2,18,20)(H,19,21). The second-order valence-electron chi connectivity index (χ2n) is 5.03.